The Bertz CT molecular complexity index is 933. The SMILES string of the molecule is CO[C@@H]1CNC(=O)C[C@H](c2cccc(Cl)c2)[C@@]12C(=O)Nc1cc(Cl)ccc12. The first-order chi connectivity index (χ1) is 13.0. The van der Waals surface area contributed by atoms with Gasteiger partial charge in [-0.05, 0) is 35.4 Å². The second-order valence-electron chi connectivity index (χ2n) is 6.85. The molecule has 0 saturated carbocycles. The fourth-order valence-electron chi connectivity index (χ4n) is 4.38. The third-order valence-electron chi connectivity index (χ3n) is 5.52. The van der Waals surface area contributed by atoms with Gasteiger partial charge in [-0.1, -0.05) is 41.4 Å². The van der Waals surface area contributed by atoms with Gasteiger partial charge in [0.1, 0.15) is 5.41 Å². The van der Waals surface area contributed by atoms with Crippen LogP contribution in [0, 0.1) is 0 Å². The highest BCUT2D eigenvalue weighted by atomic mass is 35.5. The maximum atomic E-state index is 13.4. The van der Waals surface area contributed by atoms with E-state index < -0.39 is 17.4 Å². The third-order valence-corrected chi connectivity index (χ3v) is 5.99. The molecule has 7 heteroatoms. The fraction of sp³-hybridized carbons (Fsp3) is 0.300. The van der Waals surface area contributed by atoms with Crippen molar-refractivity contribution in [2.75, 3.05) is 19.0 Å². The summed E-state index contributed by atoms with van der Waals surface area (Å²) < 4.78 is 5.76. The normalized spacial score (nSPS) is 27.1. The molecule has 5 nitrogen and oxygen atoms in total. The van der Waals surface area contributed by atoms with Crippen molar-refractivity contribution in [3.8, 4) is 0 Å². The van der Waals surface area contributed by atoms with Crippen LogP contribution in [0.2, 0.25) is 10.0 Å². The van der Waals surface area contributed by atoms with E-state index in [1.165, 1.54) is 0 Å². The van der Waals surface area contributed by atoms with Gasteiger partial charge >= 0.3 is 0 Å². The molecule has 0 radical (unpaired) electrons. The predicted molar refractivity (Wildman–Crippen MR) is 104 cm³/mol. The molecule has 1 saturated heterocycles. The summed E-state index contributed by atoms with van der Waals surface area (Å²) in [4.78, 5) is 25.9. The lowest BCUT2D eigenvalue weighted by Gasteiger charge is -2.39. The highest BCUT2D eigenvalue weighted by Gasteiger charge is 2.59. The van der Waals surface area contributed by atoms with E-state index in [0.29, 0.717) is 15.7 Å². The molecule has 27 heavy (non-hydrogen) atoms. The molecule has 2 aliphatic heterocycles. The Morgan fingerprint density at radius 2 is 1.89 bits per heavy atom. The number of nitrogens with one attached hydrogen (secondary N) is 2. The molecule has 1 fully saturated rings. The molecule has 0 unspecified atom stereocenters. The largest absolute Gasteiger partial charge is 0.378 e. The molecule has 1 spiro atoms. The summed E-state index contributed by atoms with van der Waals surface area (Å²) in [5.41, 5.74) is 1.18. The minimum atomic E-state index is -1.07. The van der Waals surface area contributed by atoms with E-state index in [-0.39, 0.29) is 24.8 Å². The van der Waals surface area contributed by atoms with E-state index in [0.717, 1.165) is 11.1 Å². The fourth-order valence-corrected chi connectivity index (χ4v) is 4.75. The summed E-state index contributed by atoms with van der Waals surface area (Å²) >= 11 is 12.3. The Labute approximate surface area is 167 Å². The van der Waals surface area contributed by atoms with Crippen LogP contribution in [0.1, 0.15) is 23.5 Å². The molecule has 2 amide bonds. The van der Waals surface area contributed by atoms with E-state index in [1.54, 1.807) is 31.4 Å². The van der Waals surface area contributed by atoms with Gasteiger partial charge < -0.3 is 15.4 Å². The Balaban J connectivity index is 2.00. The Hall–Kier alpha value is -2.08. The number of amides is 2. The van der Waals surface area contributed by atoms with Crippen LogP contribution in [-0.4, -0.2) is 31.6 Å². The van der Waals surface area contributed by atoms with Crippen LogP contribution in [0.3, 0.4) is 0 Å². The third kappa shape index (κ3) is 2.81. The number of hydrogen-bond acceptors (Lipinski definition) is 3. The molecule has 2 aromatic rings. The number of methoxy groups -OCH3 is 1. The number of carbonyl (C=O) groups is 2. The van der Waals surface area contributed by atoms with Gasteiger partial charge in [0.15, 0.2) is 0 Å². The first-order valence-corrected chi connectivity index (χ1v) is 9.39. The monoisotopic (exact) mass is 404 g/mol. The summed E-state index contributed by atoms with van der Waals surface area (Å²) in [5, 5.41) is 6.90. The summed E-state index contributed by atoms with van der Waals surface area (Å²) in [7, 11) is 1.56. The number of halogens is 2. The highest BCUT2D eigenvalue weighted by molar-refractivity contribution is 6.31. The molecular formula is C20H18Cl2N2O3. The van der Waals surface area contributed by atoms with Crippen LogP contribution in [0.25, 0.3) is 0 Å². The Kier molecular flexibility index (Phi) is 4.62. The first-order valence-electron chi connectivity index (χ1n) is 8.63. The minimum absolute atomic E-state index is 0.130. The van der Waals surface area contributed by atoms with Crippen LogP contribution in [-0.2, 0) is 19.7 Å². The molecule has 2 aromatic carbocycles. The van der Waals surface area contributed by atoms with E-state index in [2.05, 4.69) is 10.6 Å². The lowest BCUT2D eigenvalue weighted by atomic mass is 9.64. The van der Waals surface area contributed by atoms with Gasteiger partial charge in [-0.25, -0.2) is 0 Å². The maximum Gasteiger partial charge on any atom is 0.238 e. The minimum Gasteiger partial charge on any atom is -0.378 e. The maximum absolute atomic E-state index is 13.4. The average molecular weight is 405 g/mol. The number of rotatable bonds is 2. The van der Waals surface area contributed by atoms with E-state index in [4.69, 9.17) is 27.9 Å². The van der Waals surface area contributed by atoms with Crippen LogP contribution in [0.4, 0.5) is 5.69 Å². The van der Waals surface area contributed by atoms with Crippen molar-refractivity contribution in [1.82, 2.24) is 5.32 Å². The average Bonchev–Trinajstić information content (AvgIpc) is 2.81. The van der Waals surface area contributed by atoms with E-state index in [1.807, 2.05) is 18.2 Å². The molecule has 0 aromatic heterocycles. The highest BCUT2D eigenvalue weighted by Crippen LogP contribution is 2.53. The molecular weight excluding hydrogens is 387 g/mol. The molecule has 2 heterocycles. The lowest BCUT2D eigenvalue weighted by molar-refractivity contribution is -0.127. The second kappa shape index (κ2) is 6.82. The molecule has 0 aliphatic carbocycles. The second-order valence-corrected chi connectivity index (χ2v) is 7.73. The summed E-state index contributed by atoms with van der Waals surface area (Å²) in [6, 6.07) is 12.6. The molecule has 3 atom stereocenters. The molecule has 4 rings (SSSR count). The van der Waals surface area contributed by atoms with Gasteiger partial charge in [0.2, 0.25) is 11.8 Å². The Morgan fingerprint density at radius 1 is 1.11 bits per heavy atom. The van der Waals surface area contributed by atoms with Crippen molar-refractivity contribution in [3.05, 3.63) is 63.6 Å². The number of carbonyl (C=O) groups excluding carboxylic acids is 2. The standard InChI is InChI=1S/C20H18Cl2N2O3/c1-27-17-10-23-18(25)9-15(11-3-2-4-12(21)7-11)20(17)14-6-5-13(22)8-16(14)24-19(20)26/h2-8,15,17H,9-10H2,1H3,(H,23,25)(H,24,26)/t15-,17-,20-/m1/s1. The molecule has 140 valence electrons. The number of hydrogen-bond donors (Lipinski definition) is 2. The quantitative estimate of drug-likeness (QED) is 0.804. The van der Waals surface area contributed by atoms with Gasteiger partial charge in [-0.2, -0.15) is 0 Å². The summed E-state index contributed by atoms with van der Waals surface area (Å²) in [6.45, 7) is 0.238. The number of benzene rings is 2. The number of fused-ring (bicyclic) bond motifs is 2. The van der Waals surface area contributed by atoms with Crippen LogP contribution >= 0.6 is 23.2 Å². The predicted octanol–water partition coefficient (Wildman–Crippen LogP) is 3.50. The van der Waals surface area contributed by atoms with Crippen molar-refractivity contribution in [2.24, 2.45) is 0 Å². The van der Waals surface area contributed by atoms with Crippen molar-refractivity contribution < 1.29 is 14.3 Å². The van der Waals surface area contributed by atoms with Gasteiger partial charge in [-0.3, -0.25) is 9.59 Å². The zero-order valence-corrected chi connectivity index (χ0v) is 16.1. The molecule has 0 bridgehead atoms. The number of anilines is 1. The van der Waals surface area contributed by atoms with Crippen molar-refractivity contribution in [3.63, 3.8) is 0 Å². The summed E-state index contributed by atoms with van der Waals surface area (Å²) in [5.74, 6) is -0.770. The zero-order chi connectivity index (χ0) is 19.2. The van der Waals surface area contributed by atoms with Gasteiger partial charge in [0.25, 0.3) is 0 Å². The van der Waals surface area contributed by atoms with Gasteiger partial charge in [-0.15, -0.1) is 0 Å². The van der Waals surface area contributed by atoms with Crippen LogP contribution < -0.4 is 10.6 Å². The first kappa shape index (κ1) is 18.3. The van der Waals surface area contributed by atoms with Crippen LogP contribution in [0.5, 0.6) is 0 Å². The van der Waals surface area contributed by atoms with Gasteiger partial charge in [0.05, 0.1) is 6.10 Å². The van der Waals surface area contributed by atoms with Gasteiger partial charge in [0, 0.05) is 41.7 Å². The Morgan fingerprint density at radius 3 is 2.63 bits per heavy atom. The van der Waals surface area contributed by atoms with Crippen molar-refractivity contribution in [2.45, 2.75) is 23.9 Å². The molecule has 2 aliphatic rings. The number of ether oxygens (including phenoxy) is 1. The van der Waals surface area contributed by atoms with Crippen LogP contribution in [0.15, 0.2) is 42.5 Å². The zero-order valence-electron chi connectivity index (χ0n) is 14.6. The van der Waals surface area contributed by atoms with Crippen molar-refractivity contribution >= 4 is 40.7 Å². The lowest BCUT2D eigenvalue weighted by Crippen LogP contribution is -2.52. The van der Waals surface area contributed by atoms with E-state index >= 15 is 0 Å². The molecule has 2 N–H and O–H groups in total. The smallest absolute Gasteiger partial charge is 0.238 e. The summed E-state index contributed by atoms with van der Waals surface area (Å²) in [6.07, 6.45) is -0.397. The topological polar surface area (TPSA) is 67.4 Å². The van der Waals surface area contributed by atoms with E-state index in [9.17, 15) is 9.59 Å². The van der Waals surface area contributed by atoms with Crippen molar-refractivity contribution in [1.29, 1.82) is 0 Å².